The number of nitrogens with one attached hydrogen (secondary N) is 1. The average molecular weight is 360 g/mol. The van der Waals surface area contributed by atoms with E-state index >= 15 is 0 Å². The fourth-order valence-electron chi connectivity index (χ4n) is 2.55. The highest BCUT2D eigenvalue weighted by atomic mass is 32.1. The van der Waals surface area contributed by atoms with Crippen LogP contribution in [0.4, 0.5) is 5.69 Å². The SMILES string of the molecule is CCN(CC(=O)Nc1ccc2c(c1)OCCO2)C(=O)Cc1cccs1. The maximum Gasteiger partial charge on any atom is 0.243 e. The van der Waals surface area contributed by atoms with Gasteiger partial charge in [-0.1, -0.05) is 6.07 Å². The summed E-state index contributed by atoms with van der Waals surface area (Å²) in [6.07, 6.45) is 0.322. The quantitative estimate of drug-likeness (QED) is 0.860. The maximum absolute atomic E-state index is 12.3. The van der Waals surface area contributed by atoms with E-state index in [9.17, 15) is 9.59 Å². The first-order valence-electron chi connectivity index (χ1n) is 8.15. The molecule has 2 aromatic rings. The van der Waals surface area contributed by atoms with Crippen molar-refractivity contribution in [1.29, 1.82) is 0 Å². The molecule has 1 aromatic carbocycles. The van der Waals surface area contributed by atoms with Gasteiger partial charge in [0.25, 0.3) is 0 Å². The third-order valence-corrected chi connectivity index (χ3v) is 4.68. The summed E-state index contributed by atoms with van der Waals surface area (Å²) in [5.41, 5.74) is 0.621. The molecule has 25 heavy (non-hydrogen) atoms. The molecule has 0 bridgehead atoms. The van der Waals surface area contributed by atoms with E-state index in [1.54, 1.807) is 23.1 Å². The molecular weight excluding hydrogens is 340 g/mol. The Morgan fingerprint density at radius 3 is 2.72 bits per heavy atom. The molecule has 1 aliphatic rings. The number of rotatable bonds is 6. The van der Waals surface area contributed by atoms with Crippen molar-refractivity contribution in [3.63, 3.8) is 0 Å². The number of carbonyl (C=O) groups is 2. The van der Waals surface area contributed by atoms with Gasteiger partial charge in [0, 0.05) is 23.2 Å². The van der Waals surface area contributed by atoms with Gasteiger partial charge in [0.15, 0.2) is 11.5 Å². The monoisotopic (exact) mass is 360 g/mol. The van der Waals surface area contributed by atoms with Gasteiger partial charge in [-0.2, -0.15) is 0 Å². The Balaban J connectivity index is 1.57. The van der Waals surface area contributed by atoms with Gasteiger partial charge < -0.3 is 19.7 Å². The van der Waals surface area contributed by atoms with Gasteiger partial charge in [0.1, 0.15) is 13.2 Å². The van der Waals surface area contributed by atoms with E-state index in [2.05, 4.69) is 5.32 Å². The van der Waals surface area contributed by atoms with Crippen LogP contribution in [-0.2, 0) is 16.0 Å². The number of fused-ring (bicyclic) bond motifs is 1. The third kappa shape index (κ3) is 4.51. The van der Waals surface area contributed by atoms with Gasteiger partial charge in [-0.05, 0) is 30.5 Å². The normalized spacial score (nSPS) is 12.5. The minimum absolute atomic E-state index is 0.0230. The molecule has 1 aromatic heterocycles. The predicted octanol–water partition coefficient (Wildman–Crippen LogP) is 2.55. The summed E-state index contributed by atoms with van der Waals surface area (Å²) in [5, 5.41) is 4.74. The number of ether oxygens (including phenoxy) is 2. The van der Waals surface area contributed by atoms with Gasteiger partial charge in [-0.15, -0.1) is 11.3 Å². The van der Waals surface area contributed by atoms with Crippen LogP contribution in [0.25, 0.3) is 0 Å². The fourth-order valence-corrected chi connectivity index (χ4v) is 3.24. The van der Waals surface area contributed by atoms with Crippen molar-refractivity contribution < 1.29 is 19.1 Å². The summed E-state index contributed by atoms with van der Waals surface area (Å²) in [4.78, 5) is 27.2. The molecule has 2 amide bonds. The van der Waals surface area contributed by atoms with Crippen molar-refractivity contribution in [3.8, 4) is 11.5 Å². The summed E-state index contributed by atoms with van der Waals surface area (Å²) < 4.78 is 11.0. The lowest BCUT2D eigenvalue weighted by atomic mass is 10.2. The zero-order valence-electron chi connectivity index (χ0n) is 14.0. The second-order valence-corrected chi connectivity index (χ2v) is 6.60. The van der Waals surface area contributed by atoms with E-state index in [1.165, 1.54) is 11.3 Å². The van der Waals surface area contributed by atoms with Gasteiger partial charge in [-0.25, -0.2) is 0 Å². The van der Waals surface area contributed by atoms with Crippen molar-refractivity contribution in [2.24, 2.45) is 0 Å². The largest absolute Gasteiger partial charge is 0.486 e. The van der Waals surface area contributed by atoms with Crippen molar-refractivity contribution in [2.75, 3.05) is 31.6 Å². The molecule has 1 aliphatic heterocycles. The van der Waals surface area contributed by atoms with E-state index in [-0.39, 0.29) is 18.4 Å². The molecule has 0 atom stereocenters. The number of amides is 2. The molecule has 6 nitrogen and oxygen atoms in total. The summed E-state index contributed by atoms with van der Waals surface area (Å²) >= 11 is 1.54. The van der Waals surface area contributed by atoms with Crippen LogP contribution >= 0.6 is 11.3 Å². The molecule has 2 heterocycles. The first kappa shape index (κ1) is 17.3. The maximum atomic E-state index is 12.3. The smallest absolute Gasteiger partial charge is 0.243 e. The molecule has 0 saturated carbocycles. The number of anilines is 1. The first-order chi connectivity index (χ1) is 12.2. The third-order valence-electron chi connectivity index (χ3n) is 3.80. The molecule has 1 N–H and O–H groups in total. The Morgan fingerprint density at radius 1 is 1.20 bits per heavy atom. The number of likely N-dealkylation sites (N-methyl/N-ethyl adjacent to an activating group) is 1. The van der Waals surface area contributed by atoms with Gasteiger partial charge >= 0.3 is 0 Å². The minimum atomic E-state index is -0.238. The molecule has 0 saturated heterocycles. The van der Waals surface area contributed by atoms with E-state index in [4.69, 9.17) is 9.47 Å². The molecule has 0 radical (unpaired) electrons. The van der Waals surface area contributed by atoms with E-state index < -0.39 is 0 Å². The molecular formula is C18H20N2O4S. The van der Waals surface area contributed by atoms with Crippen molar-refractivity contribution in [3.05, 3.63) is 40.6 Å². The Kier molecular flexibility index (Phi) is 5.55. The van der Waals surface area contributed by atoms with E-state index in [0.717, 1.165) is 4.88 Å². The molecule has 3 rings (SSSR count). The van der Waals surface area contributed by atoms with Crippen LogP contribution in [-0.4, -0.2) is 43.0 Å². The zero-order valence-corrected chi connectivity index (χ0v) is 14.8. The number of carbonyl (C=O) groups excluding carboxylic acids is 2. The first-order valence-corrected chi connectivity index (χ1v) is 9.03. The number of benzene rings is 1. The predicted molar refractivity (Wildman–Crippen MR) is 96.3 cm³/mol. The van der Waals surface area contributed by atoms with Crippen LogP contribution in [0, 0.1) is 0 Å². The minimum Gasteiger partial charge on any atom is -0.486 e. The van der Waals surface area contributed by atoms with Crippen molar-refractivity contribution in [2.45, 2.75) is 13.3 Å². The fraction of sp³-hybridized carbons (Fsp3) is 0.333. The Hall–Kier alpha value is -2.54. The van der Waals surface area contributed by atoms with Crippen LogP contribution in [0.15, 0.2) is 35.7 Å². The van der Waals surface area contributed by atoms with E-state index in [1.807, 2.05) is 24.4 Å². The Bertz CT molecular complexity index is 746. The molecule has 132 valence electrons. The average Bonchev–Trinajstić information content (AvgIpc) is 3.12. The Labute approximate surface area is 150 Å². The highest BCUT2D eigenvalue weighted by molar-refractivity contribution is 7.10. The zero-order chi connectivity index (χ0) is 17.6. The van der Waals surface area contributed by atoms with Gasteiger partial charge in [0.05, 0.1) is 13.0 Å². The summed E-state index contributed by atoms with van der Waals surface area (Å²) in [7, 11) is 0. The molecule has 0 aliphatic carbocycles. The molecule has 0 fully saturated rings. The lowest BCUT2D eigenvalue weighted by molar-refractivity contribution is -0.133. The van der Waals surface area contributed by atoms with Crippen molar-refractivity contribution >= 4 is 28.8 Å². The second kappa shape index (κ2) is 8.02. The highest BCUT2D eigenvalue weighted by Crippen LogP contribution is 2.32. The molecule has 0 unspecified atom stereocenters. The highest BCUT2D eigenvalue weighted by Gasteiger charge is 2.17. The van der Waals surface area contributed by atoms with Crippen LogP contribution in [0.2, 0.25) is 0 Å². The standard InChI is InChI=1S/C18H20N2O4S/c1-2-20(18(22)11-14-4-3-9-25-14)12-17(21)19-13-5-6-15-16(10-13)24-8-7-23-15/h3-6,9-10H,2,7-8,11-12H2,1H3,(H,19,21). The van der Waals surface area contributed by atoms with Crippen LogP contribution in [0.5, 0.6) is 11.5 Å². The summed E-state index contributed by atoms with van der Waals surface area (Å²) in [5.74, 6) is 0.996. The number of thiophene rings is 1. The van der Waals surface area contributed by atoms with Crippen LogP contribution in [0.3, 0.4) is 0 Å². The van der Waals surface area contributed by atoms with Crippen LogP contribution < -0.4 is 14.8 Å². The topological polar surface area (TPSA) is 67.9 Å². The summed E-state index contributed by atoms with van der Waals surface area (Å²) in [6.45, 7) is 3.39. The lowest BCUT2D eigenvalue weighted by Gasteiger charge is -2.21. The molecule has 7 heteroatoms. The molecule has 0 spiro atoms. The second-order valence-electron chi connectivity index (χ2n) is 5.57. The van der Waals surface area contributed by atoms with Crippen molar-refractivity contribution in [1.82, 2.24) is 4.90 Å². The summed E-state index contributed by atoms with van der Waals surface area (Å²) in [6, 6.07) is 9.10. The Morgan fingerprint density at radius 2 is 2.00 bits per heavy atom. The van der Waals surface area contributed by atoms with Gasteiger partial charge in [-0.3, -0.25) is 9.59 Å². The van der Waals surface area contributed by atoms with Gasteiger partial charge in [0.2, 0.25) is 11.8 Å². The number of nitrogens with zero attached hydrogens (tertiary/aromatic N) is 1. The van der Waals surface area contributed by atoms with E-state index in [0.29, 0.717) is 43.4 Å². The van der Waals surface area contributed by atoms with Crippen LogP contribution in [0.1, 0.15) is 11.8 Å². The number of hydrogen-bond donors (Lipinski definition) is 1. The lowest BCUT2D eigenvalue weighted by Crippen LogP contribution is -2.38. The number of hydrogen-bond acceptors (Lipinski definition) is 5.